The van der Waals surface area contributed by atoms with Crippen molar-refractivity contribution in [2.75, 3.05) is 26.9 Å². The molecule has 5 rings (SSSR count). The van der Waals surface area contributed by atoms with Crippen molar-refractivity contribution in [1.29, 1.82) is 0 Å². The Morgan fingerprint density at radius 1 is 1.09 bits per heavy atom. The van der Waals surface area contributed by atoms with Crippen LogP contribution >= 0.6 is 0 Å². The standard InChI is InChI=1S/C32H38N4O8/c1-21(34-44-22(2)26-17-36(35-33-26)27-18-40-19-28(27)37)9-16-32(38)41-20-31-30(42-25-12-10-24(39-3)11-13-25)15-14-29(43-31)23-7-5-4-6-8-23/h4-8,10-15,17,22,27-31,37H,9,16,18-20H2,1-3H3/b34-21+/t22-,27-,28-,29+,30+,31-/m1/s1. The van der Waals surface area contributed by atoms with Gasteiger partial charge in [-0.25, -0.2) is 4.68 Å². The number of ether oxygens (including phenoxy) is 5. The van der Waals surface area contributed by atoms with Gasteiger partial charge in [0, 0.05) is 0 Å². The van der Waals surface area contributed by atoms with Crippen LogP contribution in [0.5, 0.6) is 11.5 Å². The Balaban J connectivity index is 1.12. The van der Waals surface area contributed by atoms with Crippen LogP contribution in [0.3, 0.4) is 0 Å². The summed E-state index contributed by atoms with van der Waals surface area (Å²) < 4.78 is 30.2. The Bertz CT molecular complexity index is 1410. The number of oxime groups is 1. The van der Waals surface area contributed by atoms with Crippen LogP contribution in [0.4, 0.5) is 0 Å². The molecule has 3 aromatic rings. The number of esters is 1. The second-order valence-corrected chi connectivity index (χ2v) is 10.7. The van der Waals surface area contributed by atoms with Crippen molar-refractivity contribution >= 4 is 11.7 Å². The molecule has 1 N–H and O–H groups in total. The lowest BCUT2D eigenvalue weighted by molar-refractivity contribution is -0.152. The third kappa shape index (κ3) is 8.22. The number of aliphatic hydroxyl groups excluding tert-OH is 1. The summed E-state index contributed by atoms with van der Waals surface area (Å²) in [5, 5.41) is 22.4. The van der Waals surface area contributed by atoms with Crippen molar-refractivity contribution in [3.8, 4) is 11.5 Å². The minimum Gasteiger partial charge on any atom is -0.497 e. The molecule has 0 saturated carbocycles. The zero-order chi connectivity index (χ0) is 30.9. The van der Waals surface area contributed by atoms with Gasteiger partial charge in [-0.05, 0) is 56.2 Å². The minimum atomic E-state index is -0.626. The zero-order valence-electron chi connectivity index (χ0n) is 25.0. The van der Waals surface area contributed by atoms with Crippen LogP contribution in [0.15, 0.2) is 78.1 Å². The van der Waals surface area contributed by atoms with Gasteiger partial charge in [0.1, 0.15) is 54.3 Å². The van der Waals surface area contributed by atoms with Gasteiger partial charge in [0.25, 0.3) is 0 Å². The first-order valence-electron chi connectivity index (χ1n) is 14.6. The Morgan fingerprint density at radius 2 is 1.86 bits per heavy atom. The number of aliphatic hydroxyl groups is 1. The lowest BCUT2D eigenvalue weighted by Crippen LogP contribution is -2.40. The van der Waals surface area contributed by atoms with E-state index in [0.29, 0.717) is 30.2 Å². The molecular formula is C32H38N4O8. The molecule has 0 unspecified atom stereocenters. The van der Waals surface area contributed by atoms with Crippen LogP contribution in [0, 0.1) is 0 Å². The highest BCUT2D eigenvalue weighted by Crippen LogP contribution is 2.29. The van der Waals surface area contributed by atoms with Crippen LogP contribution in [-0.4, -0.2) is 77.0 Å². The molecule has 1 fully saturated rings. The first-order chi connectivity index (χ1) is 21.4. The van der Waals surface area contributed by atoms with Crippen molar-refractivity contribution in [3.05, 3.63) is 84.2 Å². The number of methoxy groups -OCH3 is 1. The van der Waals surface area contributed by atoms with Crippen molar-refractivity contribution < 1.29 is 38.4 Å². The molecule has 0 spiro atoms. The first-order valence-corrected chi connectivity index (χ1v) is 14.6. The van der Waals surface area contributed by atoms with Crippen molar-refractivity contribution in [2.24, 2.45) is 5.16 Å². The predicted molar refractivity (Wildman–Crippen MR) is 159 cm³/mol. The van der Waals surface area contributed by atoms with Crippen LogP contribution in [-0.2, 0) is 23.8 Å². The highest BCUT2D eigenvalue weighted by Gasteiger charge is 2.31. The van der Waals surface area contributed by atoms with E-state index >= 15 is 0 Å². The Hall–Kier alpha value is -4.26. The molecule has 0 amide bonds. The van der Waals surface area contributed by atoms with Crippen molar-refractivity contribution in [2.45, 2.75) is 63.3 Å². The van der Waals surface area contributed by atoms with E-state index in [2.05, 4.69) is 15.5 Å². The quantitative estimate of drug-likeness (QED) is 0.131. The topological polar surface area (TPSA) is 136 Å². The SMILES string of the molecule is COc1ccc(O[C@H]2C=C[C@@H](c3ccccc3)O[C@@H]2COC(=O)CC/C(C)=N/O[C@H](C)c2cn([C@@H]3COC[C@H]3O)nn2)cc1. The van der Waals surface area contributed by atoms with Crippen LogP contribution in [0.25, 0.3) is 0 Å². The second-order valence-electron chi connectivity index (χ2n) is 10.7. The maximum atomic E-state index is 12.7. The lowest BCUT2D eigenvalue weighted by atomic mass is 10.0. The molecule has 0 radical (unpaired) electrons. The molecule has 12 heteroatoms. The molecule has 234 valence electrons. The van der Waals surface area contributed by atoms with Crippen LogP contribution in [0.1, 0.15) is 56.2 Å². The molecule has 12 nitrogen and oxygen atoms in total. The van der Waals surface area contributed by atoms with Crippen LogP contribution in [0.2, 0.25) is 0 Å². The fourth-order valence-corrected chi connectivity index (χ4v) is 4.76. The average Bonchev–Trinajstić information content (AvgIpc) is 3.72. The maximum absolute atomic E-state index is 12.7. The number of benzene rings is 2. The number of carbonyl (C=O) groups is 1. The van der Waals surface area contributed by atoms with Gasteiger partial charge in [-0.3, -0.25) is 4.79 Å². The number of aromatic nitrogens is 3. The fraction of sp³-hybridized carbons (Fsp3) is 0.438. The smallest absolute Gasteiger partial charge is 0.306 e. The molecule has 1 saturated heterocycles. The van der Waals surface area contributed by atoms with E-state index in [1.807, 2.05) is 66.7 Å². The fourth-order valence-electron chi connectivity index (χ4n) is 4.76. The Morgan fingerprint density at radius 3 is 2.59 bits per heavy atom. The number of hydrogen-bond acceptors (Lipinski definition) is 11. The highest BCUT2D eigenvalue weighted by atomic mass is 16.6. The van der Waals surface area contributed by atoms with E-state index in [4.69, 9.17) is 28.5 Å². The summed E-state index contributed by atoms with van der Waals surface area (Å²) in [6.07, 6.45) is 3.72. The van der Waals surface area contributed by atoms with Crippen LogP contribution < -0.4 is 9.47 Å². The van der Waals surface area contributed by atoms with Gasteiger partial charge in [0.15, 0.2) is 6.10 Å². The lowest BCUT2D eigenvalue weighted by Gasteiger charge is -2.32. The molecular weight excluding hydrogens is 568 g/mol. The van der Waals surface area contributed by atoms with Gasteiger partial charge in [-0.2, -0.15) is 0 Å². The van der Waals surface area contributed by atoms with E-state index in [1.54, 1.807) is 31.8 Å². The average molecular weight is 607 g/mol. The zero-order valence-corrected chi connectivity index (χ0v) is 25.0. The van der Waals surface area contributed by atoms with Crippen molar-refractivity contribution in [1.82, 2.24) is 15.0 Å². The monoisotopic (exact) mass is 606 g/mol. The first kappa shape index (κ1) is 31.2. The molecule has 44 heavy (non-hydrogen) atoms. The number of carbonyl (C=O) groups excluding carboxylic acids is 1. The second kappa shape index (κ2) is 15.0. The van der Waals surface area contributed by atoms with Gasteiger partial charge in [-0.1, -0.05) is 46.8 Å². The van der Waals surface area contributed by atoms with E-state index in [9.17, 15) is 9.90 Å². The van der Waals surface area contributed by atoms with Gasteiger partial charge >= 0.3 is 5.97 Å². The third-order valence-electron chi connectivity index (χ3n) is 7.39. The van der Waals surface area contributed by atoms with E-state index in [1.165, 1.54) is 0 Å². The van der Waals surface area contributed by atoms with E-state index < -0.39 is 24.4 Å². The third-order valence-corrected chi connectivity index (χ3v) is 7.39. The summed E-state index contributed by atoms with van der Waals surface area (Å²) in [7, 11) is 1.61. The predicted octanol–water partition coefficient (Wildman–Crippen LogP) is 4.14. The summed E-state index contributed by atoms with van der Waals surface area (Å²) in [5.74, 6) is 0.988. The normalized spacial score (nSPS) is 24.1. The van der Waals surface area contributed by atoms with E-state index in [0.717, 1.165) is 11.3 Å². The maximum Gasteiger partial charge on any atom is 0.306 e. The summed E-state index contributed by atoms with van der Waals surface area (Å²) in [5.41, 5.74) is 2.20. The van der Waals surface area contributed by atoms with Gasteiger partial charge in [0.2, 0.25) is 0 Å². The molecule has 2 aliphatic heterocycles. The molecule has 2 aromatic carbocycles. The summed E-state index contributed by atoms with van der Waals surface area (Å²) >= 11 is 0. The largest absolute Gasteiger partial charge is 0.497 e. The molecule has 3 heterocycles. The molecule has 0 aliphatic carbocycles. The number of hydrogen-bond donors (Lipinski definition) is 1. The number of nitrogens with zero attached hydrogens (tertiary/aromatic N) is 4. The molecule has 6 atom stereocenters. The minimum absolute atomic E-state index is 0.0213. The molecule has 0 bridgehead atoms. The highest BCUT2D eigenvalue weighted by molar-refractivity contribution is 5.85. The van der Waals surface area contributed by atoms with E-state index in [-0.39, 0.29) is 37.7 Å². The number of rotatable bonds is 13. The van der Waals surface area contributed by atoms with Gasteiger partial charge < -0.3 is 33.6 Å². The summed E-state index contributed by atoms with van der Waals surface area (Å²) in [4.78, 5) is 18.3. The van der Waals surface area contributed by atoms with Gasteiger partial charge in [-0.15, -0.1) is 5.10 Å². The Labute approximate surface area is 256 Å². The Kier molecular flexibility index (Phi) is 10.6. The molecule has 1 aromatic heterocycles. The summed E-state index contributed by atoms with van der Waals surface area (Å²) in [6.45, 7) is 4.25. The van der Waals surface area contributed by atoms with Gasteiger partial charge in [0.05, 0.1) is 38.7 Å². The summed E-state index contributed by atoms with van der Waals surface area (Å²) in [6, 6.07) is 16.8. The molecule has 2 aliphatic rings. The van der Waals surface area contributed by atoms with Crippen molar-refractivity contribution in [3.63, 3.8) is 0 Å².